The number of carbonyl (C=O) groups excluding carboxylic acids is 1. The average Bonchev–Trinajstić information content (AvgIpc) is 1.91. The molecule has 9 heavy (non-hydrogen) atoms. The van der Waals surface area contributed by atoms with Crippen LogP contribution in [-0.2, 0) is 9.59 Å². The zero-order valence-corrected chi connectivity index (χ0v) is 5.76. The lowest BCUT2D eigenvalue weighted by molar-refractivity contribution is -0.149. The smallest absolute Gasteiger partial charge is 0.394 e. The predicted molar refractivity (Wildman–Crippen MR) is 33.1 cm³/mol. The number of likely N-dealkylation sites (N-methyl/N-ethyl adjacent to an activating group) is 1. The number of carboxylic acid groups (broad SMARTS) is 1. The first-order chi connectivity index (χ1) is 4.18. The molecule has 4 nitrogen and oxygen atoms in total. The lowest BCUT2D eigenvalue weighted by Crippen LogP contribution is -2.26. The summed E-state index contributed by atoms with van der Waals surface area (Å²) in [4.78, 5) is 19.3. The fourth-order valence-corrected chi connectivity index (χ4v) is 0.107. The normalized spacial score (nSPS) is 6.56. The number of carboxylic acids is 1. The van der Waals surface area contributed by atoms with E-state index in [4.69, 9.17) is 5.11 Å². The Hall–Kier alpha value is -1.06. The van der Waals surface area contributed by atoms with Gasteiger partial charge in [0.1, 0.15) is 0 Å². The fraction of sp³-hybridized carbons (Fsp3) is 0.600. The van der Waals surface area contributed by atoms with Crippen molar-refractivity contribution in [2.75, 3.05) is 7.05 Å². The predicted octanol–water partition coefficient (Wildman–Crippen LogP) is -0.157. The van der Waals surface area contributed by atoms with E-state index >= 15 is 0 Å². The summed E-state index contributed by atoms with van der Waals surface area (Å²) in [6.07, 6.45) is 0. The molecule has 0 aromatic heterocycles. The first kappa shape index (κ1) is 10.8. The summed E-state index contributed by atoms with van der Waals surface area (Å²) in [6, 6.07) is 0. The van der Waals surface area contributed by atoms with Crippen LogP contribution in [0.4, 0.5) is 0 Å². The third-order valence-corrected chi connectivity index (χ3v) is 0.421. The van der Waals surface area contributed by atoms with Crippen molar-refractivity contribution < 1.29 is 14.7 Å². The van der Waals surface area contributed by atoms with Crippen LogP contribution in [0.25, 0.3) is 0 Å². The molecule has 0 aromatic rings. The summed E-state index contributed by atoms with van der Waals surface area (Å²) >= 11 is 0. The molecule has 1 amide bonds. The molecular formula is C5H11NO3. The van der Waals surface area contributed by atoms with Crippen molar-refractivity contribution in [2.45, 2.75) is 13.8 Å². The highest BCUT2D eigenvalue weighted by Crippen LogP contribution is 1.57. The van der Waals surface area contributed by atoms with Gasteiger partial charge in [-0.25, -0.2) is 4.79 Å². The Morgan fingerprint density at radius 3 is 1.67 bits per heavy atom. The van der Waals surface area contributed by atoms with Crippen LogP contribution in [0.15, 0.2) is 0 Å². The molecule has 0 heterocycles. The molecule has 0 spiro atoms. The molecule has 0 unspecified atom stereocenters. The van der Waals surface area contributed by atoms with Crippen molar-refractivity contribution in [3.05, 3.63) is 0 Å². The second kappa shape index (κ2) is 6.94. The molecular weight excluding hydrogens is 122 g/mol. The van der Waals surface area contributed by atoms with Gasteiger partial charge in [-0.05, 0) is 0 Å². The minimum absolute atomic E-state index is 0.986. The molecule has 0 aliphatic rings. The Morgan fingerprint density at radius 1 is 1.33 bits per heavy atom. The maximum Gasteiger partial charge on any atom is 0.394 e. The topological polar surface area (TPSA) is 66.4 Å². The lowest BCUT2D eigenvalue weighted by atomic mass is 10.6. The lowest BCUT2D eigenvalue weighted by Gasteiger charge is -1.85. The maximum atomic E-state index is 9.80. The van der Waals surface area contributed by atoms with Gasteiger partial charge in [0.25, 0.3) is 0 Å². The van der Waals surface area contributed by atoms with Gasteiger partial charge in [-0.1, -0.05) is 13.8 Å². The highest BCUT2D eigenvalue weighted by molar-refractivity contribution is 6.31. The van der Waals surface area contributed by atoms with Crippen molar-refractivity contribution in [1.29, 1.82) is 0 Å². The highest BCUT2D eigenvalue weighted by atomic mass is 16.4. The molecule has 0 aliphatic carbocycles. The van der Waals surface area contributed by atoms with E-state index in [2.05, 4.69) is 0 Å². The van der Waals surface area contributed by atoms with Crippen molar-refractivity contribution >= 4 is 11.9 Å². The monoisotopic (exact) mass is 133 g/mol. The molecule has 0 fully saturated rings. The van der Waals surface area contributed by atoms with E-state index < -0.39 is 11.9 Å². The molecule has 0 saturated carbocycles. The van der Waals surface area contributed by atoms with Gasteiger partial charge in [-0.15, -0.1) is 0 Å². The zero-order valence-electron chi connectivity index (χ0n) is 5.76. The Kier molecular flexibility index (Phi) is 8.36. The van der Waals surface area contributed by atoms with Crippen LogP contribution in [0.5, 0.6) is 0 Å². The standard InChI is InChI=1S/C3H5NO3.C2H6/c1-4-2(5)3(6)7;1-2/h1H3,(H,4,5)(H,6,7);1-2H3. The number of hydrogen-bond donors (Lipinski definition) is 2. The van der Waals surface area contributed by atoms with Crippen LogP contribution in [0.1, 0.15) is 13.8 Å². The Morgan fingerprint density at radius 2 is 1.67 bits per heavy atom. The van der Waals surface area contributed by atoms with Crippen LogP contribution in [0.3, 0.4) is 0 Å². The Balaban J connectivity index is 0. The SMILES string of the molecule is CC.CNC(=O)C(=O)O. The van der Waals surface area contributed by atoms with Crippen LogP contribution >= 0.6 is 0 Å². The van der Waals surface area contributed by atoms with Crippen LogP contribution in [-0.4, -0.2) is 24.0 Å². The second-order valence-electron chi connectivity index (χ2n) is 0.884. The quantitative estimate of drug-likeness (QED) is 0.451. The minimum atomic E-state index is -1.46. The summed E-state index contributed by atoms with van der Waals surface area (Å²) in [6.45, 7) is 4.00. The fourth-order valence-electron chi connectivity index (χ4n) is 0.107. The number of rotatable bonds is 0. The maximum absolute atomic E-state index is 9.80. The van der Waals surface area contributed by atoms with E-state index in [1.165, 1.54) is 7.05 Å². The third-order valence-electron chi connectivity index (χ3n) is 0.421. The van der Waals surface area contributed by atoms with Crippen molar-refractivity contribution in [2.24, 2.45) is 0 Å². The van der Waals surface area contributed by atoms with Gasteiger partial charge in [0.05, 0.1) is 0 Å². The summed E-state index contributed by atoms with van der Waals surface area (Å²) in [7, 11) is 1.26. The second-order valence-corrected chi connectivity index (χ2v) is 0.884. The molecule has 54 valence electrons. The summed E-state index contributed by atoms with van der Waals surface area (Å²) in [5.74, 6) is -2.44. The van der Waals surface area contributed by atoms with E-state index in [-0.39, 0.29) is 0 Å². The number of carbonyl (C=O) groups is 2. The van der Waals surface area contributed by atoms with Crippen LogP contribution in [0, 0.1) is 0 Å². The van der Waals surface area contributed by atoms with E-state index in [1.54, 1.807) is 0 Å². The molecule has 2 N–H and O–H groups in total. The number of nitrogens with one attached hydrogen (secondary N) is 1. The molecule has 0 aliphatic heterocycles. The van der Waals surface area contributed by atoms with Gasteiger partial charge in [0.15, 0.2) is 0 Å². The molecule has 4 heteroatoms. The van der Waals surface area contributed by atoms with Crippen molar-refractivity contribution in [1.82, 2.24) is 5.32 Å². The van der Waals surface area contributed by atoms with E-state index in [0.29, 0.717) is 0 Å². The van der Waals surface area contributed by atoms with E-state index in [9.17, 15) is 9.59 Å². The molecule has 0 radical (unpaired) electrons. The highest BCUT2D eigenvalue weighted by Gasteiger charge is 2.04. The van der Waals surface area contributed by atoms with Gasteiger partial charge in [-0.3, -0.25) is 4.79 Å². The van der Waals surface area contributed by atoms with Gasteiger partial charge >= 0.3 is 11.9 Å². The molecule has 0 saturated heterocycles. The molecule has 0 aromatic carbocycles. The van der Waals surface area contributed by atoms with Crippen molar-refractivity contribution in [3.8, 4) is 0 Å². The first-order valence-corrected chi connectivity index (χ1v) is 2.63. The van der Waals surface area contributed by atoms with Crippen LogP contribution < -0.4 is 5.32 Å². The van der Waals surface area contributed by atoms with Gasteiger partial charge < -0.3 is 10.4 Å². The summed E-state index contributed by atoms with van der Waals surface area (Å²) in [5.41, 5.74) is 0. The molecule has 0 atom stereocenters. The molecule has 0 bridgehead atoms. The number of hydrogen-bond acceptors (Lipinski definition) is 2. The van der Waals surface area contributed by atoms with Gasteiger partial charge in [0.2, 0.25) is 0 Å². The molecule has 0 rings (SSSR count). The number of aliphatic carboxylic acids is 1. The summed E-state index contributed by atoms with van der Waals surface area (Å²) < 4.78 is 0. The zero-order chi connectivity index (χ0) is 7.86. The Bertz CT molecular complexity index is 100. The van der Waals surface area contributed by atoms with E-state index in [1.807, 2.05) is 19.2 Å². The number of amides is 1. The van der Waals surface area contributed by atoms with Gasteiger partial charge in [-0.2, -0.15) is 0 Å². The third kappa shape index (κ3) is 6.94. The minimum Gasteiger partial charge on any atom is -0.474 e. The average molecular weight is 133 g/mol. The van der Waals surface area contributed by atoms with Crippen LogP contribution in [0.2, 0.25) is 0 Å². The largest absolute Gasteiger partial charge is 0.474 e. The van der Waals surface area contributed by atoms with Crippen molar-refractivity contribution in [3.63, 3.8) is 0 Å². The van der Waals surface area contributed by atoms with E-state index in [0.717, 1.165) is 0 Å². The summed E-state index contributed by atoms with van der Waals surface area (Å²) in [5, 5.41) is 9.70. The first-order valence-electron chi connectivity index (χ1n) is 2.63. The van der Waals surface area contributed by atoms with Gasteiger partial charge in [0, 0.05) is 7.05 Å². The Labute approximate surface area is 53.9 Å².